The lowest BCUT2D eigenvalue weighted by Crippen LogP contribution is -2.29. The molecule has 1 saturated carbocycles. The van der Waals surface area contributed by atoms with Gasteiger partial charge in [-0.3, -0.25) is 4.68 Å². The van der Waals surface area contributed by atoms with E-state index in [1.165, 1.54) is 7.11 Å². The van der Waals surface area contributed by atoms with Gasteiger partial charge in [0, 0.05) is 6.20 Å². The molecule has 1 aliphatic carbocycles. The van der Waals surface area contributed by atoms with Gasteiger partial charge in [0.05, 0.1) is 16.9 Å². The Bertz CT molecular complexity index is 344. The fourth-order valence-corrected chi connectivity index (χ4v) is 1.76. The van der Waals surface area contributed by atoms with E-state index < -0.39 is 5.54 Å². The van der Waals surface area contributed by atoms with E-state index >= 15 is 0 Å². The monoisotopic (exact) mass is 292 g/mol. The van der Waals surface area contributed by atoms with Crippen molar-refractivity contribution in [1.29, 1.82) is 0 Å². The molecule has 0 saturated heterocycles. The molecule has 0 aromatic carbocycles. The molecule has 0 atom stereocenters. The summed E-state index contributed by atoms with van der Waals surface area (Å²) < 4.78 is 7.48. The van der Waals surface area contributed by atoms with Crippen LogP contribution in [0.25, 0.3) is 0 Å². The number of hydrogen-bond donors (Lipinski definition) is 0. The zero-order chi connectivity index (χ0) is 9.47. The van der Waals surface area contributed by atoms with Crippen LogP contribution in [-0.4, -0.2) is 22.9 Å². The number of nitrogens with zero attached hydrogens (tertiary/aromatic N) is 2. The van der Waals surface area contributed by atoms with Gasteiger partial charge in [-0.05, 0) is 35.4 Å². The van der Waals surface area contributed by atoms with Crippen LogP contribution in [0.2, 0.25) is 0 Å². The van der Waals surface area contributed by atoms with Gasteiger partial charge in [0.2, 0.25) is 0 Å². The molecule has 70 valence electrons. The number of halogens is 1. The van der Waals surface area contributed by atoms with Crippen LogP contribution in [0, 0.1) is 3.57 Å². The van der Waals surface area contributed by atoms with E-state index in [0.717, 1.165) is 16.4 Å². The maximum absolute atomic E-state index is 11.4. The molecule has 1 fully saturated rings. The van der Waals surface area contributed by atoms with E-state index in [1.54, 1.807) is 10.9 Å². The Morgan fingerprint density at radius 3 is 2.85 bits per heavy atom. The van der Waals surface area contributed by atoms with Crippen LogP contribution in [0.15, 0.2) is 12.4 Å². The number of methoxy groups -OCH3 is 1. The summed E-state index contributed by atoms with van der Waals surface area (Å²) in [5, 5.41) is 4.13. The largest absolute Gasteiger partial charge is 0.467 e. The Kier molecular flexibility index (Phi) is 2.05. The highest BCUT2D eigenvalue weighted by molar-refractivity contribution is 14.1. The minimum absolute atomic E-state index is 0.188. The Morgan fingerprint density at radius 1 is 1.77 bits per heavy atom. The Balaban J connectivity index is 2.30. The molecule has 1 aromatic heterocycles. The van der Waals surface area contributed by atoms with Crippen LogP contribution in [0.4, 0.5) is 0 Å². The van der Waals surface area contributed by atoms with Gasteiger partial charge >= 0.3 is 5.97 Å². The lowest BCUT2D eigenvalue weighted by Gasteiger charge is -2.12. The minimum Gasteiger partial charge on any atom is -0.467 e. The number of esters is 1. The van der Waals surface area contributed by atoms with Crippen LogP contribution in [-0.2, 0) is 15.1 Å². The van der Waals surface area contributed by atoms with E-state index in [2.05, 4.69) is 27.7 Å². The number of aromatic nitrogens is 2. The number of rotatable bonds is 2. The smallest absolute Gasteiger partial charge is 0.333 e. The Labute approximate surface area is 89.4 Å². The van der Waals surface area contributed by atoms with Crippen molar-refractivity contribution < 1.29 is 9.53 Å². The Morgan fingerprint density at radius 2 is 2.46 bits per heavy atom. The molecule has 0 aliphatic heterocycles. The van der Waals surface area contributed by atoms with Crippen LogP contribution < -0.4 is 0 Å². The standard InChI is InChI=1S/C8H9IN2O2/c1-13-7(12)8(2-3-8)11-5-6(9)4-10-11/h4-5H,2-3H2,1H3. The average molecular weight is 292 g/mol. The van der Waals surface area contributed by atoms with Crippen LogP contribution in [0.3, 0.4) is 0 Å². The van der Waals surface area contributed by atoms with Crippen molar-refractivity contribution >= 4 is 28.6 Å². The zero-order valence-electron chi connectivity index (χ0n) is 7.16. The number of carbonyl (C=O) groups excluding carboxylic acids is 1. The molecule has 0 amide bonds. The molecule has 5 heteroatoms. The first kappa shape index (κ1) is 8.98. The summed E-state index contributed by atoms with van der Waals surface area (Å²) in [6.45, 7) is 0. The molecule has 2 rings (SSSR count). The molecule has 13 heavy (non-hydrogen) atoms. The lowest BCUT2D eigenvalue weighted by atomic mass is 10.3. The fourth-order valence-electron chi connectivity index (χ4n) is 1.37. The summed E-state index contributed by atoms with van der Waals surface area (Å²) in [5.41, 5.74) is -0.488. The second-order valence-corrected chi connectivity index (χ2v) is 4.37. The maximum atomic E-state index is 11.4. The Hall–Kier alpha value is -0.590. The molecule has 0 spiro atoms. The van der Waals surface area contributed by atoms with Crippen molar-refractivity contribution in [3.05, 3.63) is 16.0 Å². The summed E-state index contributed by atoms with van der Waals surface area (Å²) in [6.07, 6.45) is 5.27. The van der Waals surface area contributed by atoms with Crippen LogP contribution >= 0.6 is 22.6 Å². The first-order chi connectivity index (χ1) is 6.19. The maximum Gasteiger partial charge on any atom is 0.333 e. The third kappa shape index (κ3) is 1.34. The van der Waals surface area contributed by atoms with Crippen molar-refractivity contribution in [2.24, 2.45) is 0 Å². The molecule has 0 bridgehead atoms. The fraction of sp³-hybridized carbons (Fsp3) is 0.500. The molecule has 0 radical (unpaired) electrons. The lowest BCUT2D eigenvalue weighted by molar-refractivity contribution is -0.146. The van der Waals surface area contributed by atoms with Crippen molar-refractivity contribution in [3.63, 3.8) is 0 Å². The van der Waals surface area contributed by atoms with Gasteiger partial charge in [-0.25, -0.2) is 4.79 Å². The number of ether oxygens (including phenoxy) is 1. The summed E-state index contributed by atoms with van der Waals surface area (Å²) in [4.78, 5) is 11.4. The highest BCUT2D eigenvalue weighted by Crippen LogP contribution is 2.44. The third-order valence-electron chi connectivity index (χ3n) is 2.28. The topological polar surface area (TPSA) is 44.1 Å². The second kappa shape index (κ2) is 2.97. The summed E-state index contributed by atoms with van der Waals surface area (Å²) in [5.74, 6) is -0.188. The van der Waals surface area contributed by atoms with Crippen molar-refractivity contribution in [2.75, 3.05) is 7.11 Å². The third-order valence-corrected chi connectivity index (χ3v) is 2.84. The molecule has 1 aliphatic rings. The predicted octanol–water partition coefficient (Wildman–Crippen LogP) is 1.15. The summed E-state index contributed by atoms with van der Waals surface area (Å²) >= 11 is 2.17. The molecule has 1 aromatic rings. The summed E-state index contributed by atoms with van der Waals surface area (Å²) in [7, 11) is 1.41. The van der Waals surface area contributed by atoms with E-state index in [1.807, 2.05) is 6.20 Å². The molecule has 0 N–H and O–H groups in total. The average Bonchev–Trinajstić information content (AvgIpc) is 2.83. The van der Waals surface area contributed by atoms with Gasteiger partial charge in [-0.1, -0.05) is 0 Å². The van der Waals surface area contributed by atoms with Crippen LogP contribution in [0.5, 0.6) is 0 Å². The summed E-state index contributed by atoms with van der Waals surface area (Å²) in [6, 6.07) is 0. The highest BCUT2D eigenvalue weighted by Gasteiger charge is 2.53. The highest BCUT2D eigenvalue weighted by atomic mass is 127. The van der Waals surface area contributed by atoms with E-state index in [9.17, 15) is 4.79 Å². The van der Waals surface area contributed by atoms with Crippen molar-refractivity contribution in [2.45, 2.75) is 18.4 Å². The number of hydrogen-bond acceptors (Lipinski definition) is 3. The van der Waals surface area contributed by atoms with Gasteiger partial charge < -0.3 is 4.74 Å². The first-order valence-corrected chi connectivity index (χ1v) is 5.06. The quantitative estimate of drug-likeness (QED) is 0.606. The van der Waals surface area contributed by atoms with Gasteiger partial charge in [0.1, 0.15) is 0 Å². The number of carbonyl (C=O) groups is 1. The van der Waals surface area contributed by atoms with Crippen molar-refractivity contribution in [1.82, 2.24) is 9.78 Å². The van der Waals surface area contributed by atoms with Crippen LogP contribution in [0.1, 0.15) is 12.8 Å². The zero-order valence-corrected chi connectivity index (χ0v) is 9.32. The van der Waals surface area contributed by atoms with Gasteiger partial charge in [0.25, 0.3) is 0 Å². The van der Waals surface area contributed by atoms with E-state index in [0.29, 0.717) is 0 Å². The molecular weight excluding hydrogens is 283 g/mol. The van der Waals surface area contributed by atoms with Gasteiger partial charge in [-0.15, -0.1) is 0 Å². The van der Waals surface area contributed by atoms with E-state index in [4.69, 9.17) is 4.74 Å². The van der Waals surface area contributed by atoms with Crippen molar-refractivity contribution in [3.8, 4) is 0 Å². The van der Waals surface area contributed by atoms with Gasteiger partial charge in [0.15, 0.2) is 5.54 Å². The predicted molar refractivity (Wildman–Crippen MR) is 54.2 cm³/mol. The van der Waals surface area contributed by atoms with E-state index in [-0.39, 0.29) is 5.97 Å². The minimum atomic E-state index is -0.488. The molecule has 0 unspecified atom stereocenters. The second-order valence-electron chi connectivity index (χ2n) is 3.13. The SMILES string of the molecule is COC(=O)C1(n2cc(I)cn2)CC1. The molecular formula is C8H9IN2O2. The normalized spacial score (nSPS) is 18.3. The van der Waals surface area contributed by atoms with Gasteiger partial charge in [-0.2, -0.15) is 5.10 Å². The molecule has 1 heterocycles. The first-order valence-electron chi connectivity index (χ1n) is 3.98. The molecule has 4 nitrogen and oxygen atoms in total.